The Kier molecular flexibility index (Phi) is 5.56. The van der Waals surface area contributed by atoms with Gasteiger partial charge in [-0.3, -0.25) is 0 Å². The van der Waals surface area contributed by atoms with E-state index in [9.17, 15) is 0 Å². The van der Waals surface area contributed by atoms with Gasteiger partial charge in [-0.1, -0.05) is 152 Å². The number of aromatic nitrogens is 3. The molecule has 232 valence electrons. The van der Waals surface area contributed by atoms with E-state index in [0.717, 1.165) is 49.8 Å². The summed E-state index contributed by atoms with van der Waals surface area (Å²) >= 11 is 0. The molecule has 50 heavy (non-hydrogen) atoms. The lowest BCUT2D eigenvalue weighted by atomic mass is 9.70. The van der Waals surface area contributed by atoms with Crippen LogP contribution >= 0.6 is 0 Å². The Morgan fingerprint density at radius 3 is 1.56 bits per heavy atom. The van der Waals surface area contributed by atoms with Gasteiger partial charge in [0.15, 0.2) is 17.5 Å². The van der Waals surface area contributed by atoms with Gasteiger partial charge in [0, 0.05) is 33.0 Å². The minimum Gasteiger partial charge on any atom is -0.455 e. The number of hydrogen-bond acceptors (Lipinski definition) is 4. The van der Waals surface area contributed by atoms with Crippen molar-refractivity contribution < 1.29 is 4.42 Å². The van der Waals surface area contributed by atoms with Crippen LogP contribution in [0.2, 0.25) is 0 Å². The average Bonchev–Trinajstić information content (AvgIpc) is 3.82. The number of fused-ring (bicyclic) bond motifs is 14. The van der Waals surface area contributed by atoms with E-state index in [4.69, 9.17) is 19.4 Å². The smallest absolute Gasteiger partial charge is 0.164 e. The van der Waals surface area contributed by atoms with Gasteiger partial charge in [0.25, 0.3) is 0 Å². The van der Waals surface area contributed by atoms with Gasteiger partial charge < -0.3 is 4.42 Å². The van der Waals surface area contributed by atoms with Gasteiger partial charge in [-0.25, -0.2) is 15.0 Å². The van der Waals surface area contributed by atoms with Gasteiger partial charge in [0.05, 0.1) is 5.41 Å². The van der Waals surface area contributed by atoms with E-state index in [2.05, 4.69) is 97.1 Å². The molecule has 0 amide bonds. The van der Waals surface area contributed by atoms with Gasteiger partial charge >= 0.3 is 0 Å². The molecule has 2 aromatic heterocycles. The normalized spacial score (nSPS) is 13.4. The zero-order valence-corrected chi connectivity index (χ0v) is 26.8. The van der Waals surface area contributed by atoms with Gasteiger partial charge in [0.1, 0.15) is 11.2 Å². The lowest BCUT2D eigenvalue weighted by Crippen LogP contribution is -2.25. The van der Waals surface area contributed by atoms with Crippen LogP contribution in [0.4, 0.5) is 0 Å². The first-order valence-corrected chi connectivity index (χ1v) is 17.0. The number of benzene rings is 7. The Morgan fingerprint density at radius 2 is 0.900 bits per heavy atom. The Balaban J connectivity index is 1.23. The molecule has 0 fully saturated rings. The van der Waals surface area contributed by atoms with Crippen molar-refractivity contribution in [2.24, 2.45) is 0 Å². The molecule has 2 heterocycles. The Bertz CT molecular complexity index is 2720. The standard InChI is InChI=1S/C46H27N3O/c1-3-13-28(14-4-1)43-47-44(29-15-5-2-6-16-29)49-45(48-43)30-23-25-38-35(27-30)41-39(26-24-34-33-19-9-12-22-40(33)50-42(34)41)46(38)36-20-10-7-17-31(36)32-18-8-11-21-37(32)46/h1-27H. The van der Waals surface area contributed by atoms with Crippen LogP contribution in [-0.4, -0.2) is 15.0 Å². The predicted molar refractivity (Wildman–Crippen MR) is 200 cm³/mol. The number of furan rings is 1. The fraction of sp³-hybridized carbons (Fsp3) is 0.0217. The van der Waals surface area contributed by atoms with Crippen LogP contribution in [0, 0.1) is 0 Å². The topological polar surface area (TPSA) is 51.8 Å². The van der Waals surface area contributed by atoms with Gasteiger partial charge in [0.2, 0.25) is 0 Å². The van der Waals surface area contributed by atoms with Crippen molar-refractivity contribution in [3.05, 3.63) is 186 Å². The Morgan fingerprint density at radius 1 is 0.380 bits per heavy atom. The number of para-hydroxylation sites is 1. The molecule has 4 nitrogen and oxygen atoms in total. The highest BCUT2D eigenvalue weighted by molar-refractivity contribution is 6.13. The molecule has 9 aromatic rings. The van der Waals surface area contributed by atoms with Crippen molar-refractivity contribution in [1.82, 2.24) is 15.0 Å². The van der Waals surface area contributed by atoms with Crippen molar-refractivity contribution in [2.45, 2.75) is 5.41 Å². The molecule has 0 radical (unpaired) electrons. The third-order valence-corrected chi connectivity index (χ3v) is 10.6. The van der Waals surface area contributed by atoms with Gasteiger partial charge in [-0.05, 0) is 51.1 Å². The minimum atomic E-state index is -0.493. The summed E-state index contributed by atoms with van der Waals surface area (Å²) in [7, 11) is 0. The van der Waals surface area contributed by atoms with Crippen LogP contribution in [0.15, 0.2) is 168 Å². The van der Waals surface area contributed by atoms with Crippen LogP contribution in [0.5, 0.6) is 0 Å². The second-order valence-corrected chi connectivity index (χ2v) is 13.1. The second kappa shape index (κ2) is 10.2. The molecule has 0 saturated heterocycles. The van der Waals surface area contributed by atoms with Crippen LogP contribution in [0.3, 0.4) is 0 Å². The zero-order chi connectivity index (χ0) is 32.8. The largest absolute Gasteiger partial charge is 0.455 e. The molecule has 0 bridgehead atoms. The van der Waals surface area contributed by atoms with E-state index < -0.39 is 5.41 Å². The summed E-state index contributed by atoms with van der Waals surface area (Å²) in [6, 6.07) is 57.7. The summed E-state index contributed by atoms with van der Waals surface area (Å²) in [5.41, 5.74) is 14.0. The van der Waals surface area contributed by atoms with E-state index in [-0.39, 0.29) is 0 Å². The zero-order valence-electron chi connectivity index (χ0n) is 26.8. The summed E-state index contributed by atoms with van der Waals surface area (Å²) in [4.78, 5) is 15.1. The fourth-order valence-corrected chi connectivity index (χ4v) is 8.48. The highest BCUT2D eigenvalue weighted by Gasteiger charge is 2.52. The van der Waals surface area contributed by atoms with Crippen molar-refractivity contribution in [3.63, 3.8) is 0 Å². The number of hydrogen-bond donors (Lipinski definition) is 0. The maximum absolute atomic E-state index is 6.79. The van der Waals surface area contributed by atoms with E-state index in [1.165, 1.54) is 33.4 Å². The van der Waals surface area contributed by atoms with Gasteiger partial charge in [-0.15, -0.1) is 0 Å². The van der Waals surface area contributed by atoms with Crippen molar-refractivity contribution in [2.75, 3.05) is 0 Å². The molecular formula is C46H27N3O. The van der Waals surface area contributed by atoms with E-state index in [0.29, 0.717) is 17.5 Å². The SMILES string of the molecule is c1ccc(-c2nc(-c3ccccc3)nc(-c3ccc4c(c3)-c3c(ccc5c3oc3ccccc35)C43c4ccccc4-c4ccccc43)n2)cc1. The van der Waals surface area contributed by atoms with Crippen LogP contribution in [-0.2, 0) is 5.41 Å². The fourth-order valence-electron chi connectivity index (χ4n) is 8.48. The quantitative estimate of drug-likeness (QED) is 0.193. The molecule has 0 unspecified atom stereocenters. The maximum Gasteiger partial charge on any atom is 0.164 e. The summed E-state index contributed by atoms with van der Waals surface area (Å²) in [6.45, 7) is 0. The van der Waals surface area contributed by atoms with Crippen molar-refractivity contribution in [1.29, 1.82) is 0 Å². The number of rotatable bonds is 3. The van der Waals surface area contributed by atoms with E-state index in [1.54, 1.807) is 0 Å². The van der Waals surface area contributed by atoms with Crippen LogP contribution in [0.25, 0.3) is 78.4 Å². The van der Waals surface area contributed by atoms with E-state index >= 15 is 0 Å². The summed E-state index contributed by atoms with van der Waals surface area (Å²) < 4.78 is 6.79. The van der Waals surface area contributed by atoms with Crippen LogP contribution in [0.1, 0.15) is 22.3 Å². The van der Waals surface area contributed by atoms with Crippen LogP contribution < -0.4 is 0 Å². The highest BCUT2D eigenvalue weighted by atomic mass is 16.3. The molecule has 2 aliphatic rings. The molecule has 7 aromatic carbocycles. The monoisotopic (exact) mass is 637 g/mol. The molecular weight excluding hydrogens is 611 g/mol. The molecule has 4 heteroatoms. The first kappa shape index (κ1) is 27.3. The summed E-state index contributed by atoms with van der Waals surface area (Å²) in [5.74, 6) is 1.92. The second-order valence-electron chi connectivity index (χ2n) is 13.1. The molecule has 1 spiro atoms. The molecule has 2 aliphatic carbocycles. The molecule has 11 rings (SSSR count). The molecule has 0 saturated carbocycles. The molecule has 0 atom stereocenters. The lowest BCUT2D eigenvalue weighted by Gasteiger charge is -2.30. The summed E-state index contributed by atoms with van der Waals surface area (Å²) in [6.07, 6.45) is 0. The van der Waals surface area contributed by atoms with E-state index in [1.807, 2.05) is 66.7 Å². The molecule has 0 aliphatic heterocycles. The highest BCUT2D eigenvalue weighted by Crippen LogP contribution is 2.64. The molecule has 0 N–H and O–H groups in total. The van der Waals surface area contributed by atoms with Crippen molar-refractivity contribution in [3.8, 4) is 56.4 Å². The Hall–Kier alpha value is -6.65. The minimum absolute atomic E-state index is 0.493. The lowest BCUT2D eigenvalue weighted by molar-refractivity contribution is 0.669. The average molecular weight is 638 g/mol. The number of nitrogens with zero attached hydrogens (tertiary/aromatic N) is 3. The third kappa shape index (κ3) is 3.62. The maximum atomic E-state index is 6.79. The first-order valence-electron chi connectivity index (χ1n) is 17.0. The van der Waals surface area contributed by atoms with Gasteiger partial charge in [-0.2, -0.15) is 0 Å². The first-order chi connectivity index (χ1) is 24.8. The summed E-state index contributed by atoms with van der Waals surface area (Å²) in [5, 5.41) is 2.24. The third-order valence-electron chi connectivity index (χ3n) is 10.6. The Labute approximate surface area is 288 Å². The van der Waals surface area contributed by atoms with Crippen molar-refractivity contribution >= 4 is 21.9 Å². The predicted octanol–water partition coefficient (Wildman–Crippen LogP) is 11.1.